The van der Waals surface area contributed by atoms with Crippen LogP contribution in [0.3, 0.4) is 0 Å². The SMILES string of the molecule is O=C(CSc1nnc(N2CCCC2)n1C1CC1)c1ccc(Cl)cc1. The molecule has 1 aliphatic carbocycles. The van der Waals surface area contributed by atoms with Crippen molar-refractivity contribution >= 4 is 35.1 Å². The number of benzene rings is 1. The maximum atomic E-state index is 12.4. The quantitative estimate of drug-likeness (QED) is 0.577. The van der Waals surface area contributed by atoms with Crippen LogP contribution in [0, 0.1) is 0 Å². The van der Waals surface area contributed by atoms with E-state index in [0.29, 0.717) is 22.4 Å². The van der Waals surface area contributed by atoms with Crippen LogP contribution in [0.25, 0.3) is 0 Å². The number of halogens is 1. The summed E-state index contributed by atoms with van der Waals surface area (Å²) in [7, 11) is 0. The standard InChI is InChI=1S/C17H19ClN4OS/c18-13-5-3-12(4-6-13)15(23)11-24-17-20-19-16(21-9-1-2-10-21)22(17)14-7-8-14/h3-6,14H,1-2,7-11H2. The molecule has 2 heterocycles. The largest absolute Gasteiger partial charge is 0.341 e. The number of Topliss-reactive ketones (excluding diaryl/α,β-unsaturated/α-hetero) is 1. The molecule has 126 valence electrons. The van der Waals surface area contributed by atoms with Crippen molar-refractivity contribution in [2.45, 2.75) is 36.9 Å². The number of thioether (sulfide) groups is 1. The number of aromatic nitrogens is 3. The van der Waals surface area contributed by atoms with Gasteiger partial charge in [-0.15, -0.1) is 10.2 Å². The number of ketones is 1. The van der Waals surface area contributed by atoms with E-state index in [1.165, 1.54) is 37.4 Å². The van der Waals surface area contributed by atoms with Crippen molar-refractivity contribution in [3.05, 3.63) is 34.9 Å². The van der Waals surface area contributed by atoms with E-state index in [1.54, 1.807) is 24.3 Å². The first-order chi connectivity index (χ1) is 11.7. The Kier molecular flexibility index (Phi) is 4.50. The molecule has 0 atom stereocenters. The second kappa shape index (κ2) is 6.76. The van der Waals surface area contributed by atoms with Crippen molar-refractivity contribution in [2.75, 3.05) is 23.7 Å². The fraction of sp³-hybridized carbons (Fsp3) is 0.471. The van der Waals surface area contributed by atoms with Gasteiger partial charge < -0.3 is 4.90 Å². The molecule has 2 aromatic rings. The van der Waals surface area contributed by atoms with Gasteiger partial charge in [0.2, 0.25) is 5.95 Å². The third-order valence-corrected chi connectivity index (χ3v) is 5.64. The van der Waals surface area contributed by atoms with E-state index >= 15 is 0 Å². The maximum Gasteiger partial charge on any atom is 0.228 e. The highest BCUT2D eigenvalue weighted by atomic mass is 35.5. The molecule has 7 heteroatoms. The average molecular weight is 363 g/mol. The molecule has 2 fully saturated rings. The highest BCUT2D eigenvalue weighted by Crippen LogP contribution is 2.41. The number of rotatable bonds is 6. The predicted octanol–water partition coefficient (Wildman–Crippen LogP) is 3.84. The van der Waals surface area contributed by atoms with Crippen LogP contribution in [-0.4, -0.2) is 39.4 Å². The summed E-state index contributed by atoms with van der Waals surface area (Å²) in [6.45, 7) is 2.11. The summed E-state index contributed by atoms with van der Waals surface area (Å²) in [6.07, 6.45) is 4.79. The van der Waals surface area contributed by atoms with Gasteiger partial charge >= 0.3 is 0 Å². The van der Waals surface area contributed by atoms with Gasteiger partial charge in [-0.25, -0.2) is 0 Å². The molecule has 0 unspecified atom stereocenters. The first kappa shape index (κ1) is 16.0. The number of hydrogen-bond donors (Lipinski definition) is 0. The molecule has 0 spiro atoms. The van der Waals surface area contributed by atoms with Crippen LogP contribution in [0.5, 0.6) is 0 Å². The molecular weight excluding hydrogens is 344 g/mol. The summed E-state index contributed by atoms with van der Waals surface area (Å²) < 4.78 is 2.24. The highest BCUT2D eigenvalue weighted by molar-refractivity contribution is 7.99. The van der Waals surface area contributed by atoms with Crippen LogP contribution >= 0.6 is 23.4 Å². The topological polar surface area (TPSA) is 51.0 Å². The van der Waals surface area contributed by atoms with E-state index in [-0.39, 0.29) is 5.78 Å². The monoisotopic (exact) mass is 362 g/mol. The first-order valence-corrected chi connectivity index (χ1v) is 9.70. The first-order valence-electron chi connectivity index (χ1n) is 8.34. The minimum Gasteiger partial charge on any atom is -0.341 e. The molecule has 1 saturated heterocycles. The number of anilines is 1. The smallest absolute Gasteiger partial charge is 0.228 e. The average Bonchev–Trinajstić information content (AvgIpc) is 3.11. The Hall–Kier alpha value is -1.53. The van der Waals surface area contributed by atoms with Crippen LogP contribution in [0.1, 0.15) is 42.1 Å². The van der Waals surface area contributed by atoms with Crippen molar-refractivity contribution in [1.82, 2.24) is 14.8 Å². The van der Waals surface area contributed by atoms with Gasteiger partial charge in [-0.2, -0.15) is 0 Å². The third-order valence-electron chi connectivity index (χ3n) is 4.45. The minimum atomic E-state index is 0.0877. The van der Waals surface area contributed by atoms with Crippen LogP contribution in [-0.2, 0) is 0 Å². The van der Waals surface area contributed by atoms with Crippen LogP contribution in [0.2, 0.25) is 5.02 Å². The number of carbonyl (C=O) groups is 1. The number of nitrogens with zero attached hydrogens (tertiary/aromatic N) is 4. The lowest BCUT2D eigenvalue weighted by molar-refractivity contribution is 0.102. The Morgan fingerprint density at radius 2 is 1.88 bits per heavy atom. The molecule has 0 N–H and O–H groups in total. The van der Waals surface area contributed by atoms with Gasteiger partial charge in [0.25, 0.3) is 0 Å². The predicted molar refractivity (Wildman–Crippen MR) is 96.2 cm³/mol. The molecule has 1 aromatic heterocycles. The van der Waals surface area contributed by atoms with Gasteiger partial charge in [0.15, 0.2) is 10.9 Å². The molecule has 1 aliphatic heterocycles. The lowest BCUT2D eigenvalue weighted by Crippen LogP contribution is -2.22. The van der Waals surface area contributed by atoms with Gasteiger partial charge in [-0.1, -0.05) is 23.4 Å². The van der Waals surface area contributed by atoms with Gasteiger partial charge in [0, 0.05) is 29.7 Å². The molecule has 5 nitrogen and oxygen atoms in total. The number of hydrogen-bond acceptors (Lipinski definition) is 5. The van der Waals surface area contributed by atoms with Crippen molar-refractivity contribution in [3.63, 3.8) is 0 Å². The van der Waals surface area contributed by atoms with E-state index < -0.39 is 0 Å². The van der Waals surface area contributed by atoms with Crippen molar-refractivity contribution < 1.29 is 4.79 Å². The molecule has 1 saturated carbocycles. The maximum absolute atomic E-state index is 12.4. The Balaban J connectivity index is 1.48. The highest BCUT2D eigenvalue weighted by Gasteiger charge is 2.32. The van der Waals surface area contributed by atoms with E-state index in [0.717, 1.165) is 24.2 Å². The van der Waals surface area contributed by atoms with E-state index in [4.69, 9.17) is 11.6 Å². The van der Waals surface area contributed by atoms with Crippen LogP contribution in [0.15, 0.2) is 29.4 Å². The molecule has 1 aromatic carbocycles. The summed E-state index contributed by atoms with van der Waals surface area (Å²) in [6, 6.07) is 7.54. The Morgan fingerprint density at radius 3 is 2.54 bits per heavy atom. The Labute approximate surface area is 150 Å². The summed E-state index contributed by atoms with van der Waals surface area (Å²) in [5.74, 6) is 1.44. The van der Waals surface area contributed by atoms with Gasteiger partial charge in [0.1, 0.15) is 0 Å². The molecule has 0 bridgehead atoms. The van der Waals surface area contributed by atoms with E-state index in [2.05, 4.69) is 19.7 Å². The Morgan fingerprint density at radius 1 is 1.17 bits per heavy atom. The van der Waals surface area contributed by atoms with Crippen molar-refractivity contribution in [1.29, 1.82) is 0 Å². The third kappa shape index (κ3) is 3.30. The van der Waals surface area contributed by atoms with Crippen molar-refractivity contribution in [2.24, 2.45) is 0 Å². The van der Waals surface area contributed by atoms with E-state index in [1.807, 2.05) is 0 Å². The summed E-state index contributed by atoms with van der Waals surface area (Å²) in [5, 5.41) is 10.3. The van der Waals surface area contributed by atoms with Crippen LogP contribution in [0.4, 0.5) is 5.95 Å². The molecular formula is C17H19ClN4OS. The zero-order valence-corrected chi connectivity index (χ0v) is 14.9. The summed E-state index contributed by atoms with van der Waals surface area (Å²) >= 11 is 7.36. The molecule has 24 heavy (non-hydrogen) atoms. The zero-order valence-electron chi connectivity index (χ0n) is 13.3. The lowest BCUT2D eigenvalue weighted by Gasteiger charge is -2.17. The molecule has 4 rings (SSSR count). The fourth-order valence-electron chi connectivity index (χ4n) is 3.00. The molecule has 0 radical (unpaired) electrons. The second-order valence-electron chi connectivity index (χ2n) is 6.30. The molecule has 0 amide bonds. The van der Waals surface area contributed by atoms with Gasteiger partial charge in [-0.3, -0.25) is 9.36 Å². The van der Waals surface area contributed by atoms with Gasteiger partial charge in [0.05, 0.1) is 5.75 Å². The number of carbonyl (C=O) groups excluding carboxylic acids is 1. The normalized spacial score (nSPS) is 17.5. The second-order valence-corrected chi connectivity index (χ2v) is 7.68. The van der Waals surface area contributed by atoms with E-state index in [9.17, 15) is 4.79 Å². The lowest BCUT2D eigenvalue weighted by atomic mass is 10.1. The summed E-state index contributed by atoms with van der Waals surface area (Å²) in [4.78, 5) is 14.7. The molecule has 2 aliphatic rings. The van der Waals surface area contributed by atoms with Crippen LogP contribution < -0.4 is 4.90 Å². The summed E-state index contributed by atoms with van der Waals surface area (Å²) in [5.41, 5.74) is 0.684. The van der Waals surface area contributed by atoms with Crippen molar-refractivity contribution in [3.8, 4) is 0 Å². The minimum absolute atomic E-state index is 0.0877. The zero-order chi connectivity index (χ0) is 16.5. The fourth-order valence-corrected chi connectivity index (χ4v) is 4.02. The van der Waals surface area contributed by atoms with Gasteiger partial charge in [-0.05, 0) is 49.9 Å². The Bertz CT molecular complexity index is 736.